The average Bonchev–Trinajstić information content (AvgIpc) is 2.78. The zero-order chi connectivity index (χ0) is 15.6. The molecule has 1 rings (SSSR count). The van der Waals surface area contributed by atoms with Gasteiger partial charge in [-0.25, -0.2) is 0 Å². The first-order chi connectivity index (χ1) is 10.3. The first-order valence-electron chi connectivity index (χ1n) is 9.92. The van der Waals surface area contributed by atoms with Crippen LogP contribution in [-0.4, -0.2) is 13.2 Å². The van der Waals surface area contributed by atoms with Crippen LogP contribution in [0.5, 0.6) is 0 Å². The van der Waals surface area contributed by atoms with E-state index < -0.39 is 0 Å². The molecular formula is C20H42O. The van der Waals surface area contributed by atoms with E-state index in [9.17, 15) is 0 Å². The Labute approximate surface area is 135 Å². The summed E-state index contributed by atoms with van der Waals surface area (Å²) in [5.74, 6) is 0.972. The van der Waals surface area contributed by atoms with Crippen molar-refractivity contribution in [2.75, 3.05) is 13.2 Å². The summed E-state index contributed by atoms with van der Waals surface area (Å²) in [6, 6.07) is 0. The predicted molar refractivity (Wildman–Crippen MR) is 96.0 cm³/mol. The summed E-state index contributed by atoms with van der Waals surface area (Å²) in [5, 5.41) is 0. The monoisotopic (exact) mass is 298 g/mol. The van der Waals surface area contributed by atoms with Crippen molar-refractivity contribution in [2.45, 2.75) is 111 Å². The van der Waals surface area contributed by atoms with Gasteiger partial charge in [-0.15, -0.1) is 0 Å². The van der Waals surface area contributed by atoms with E-state index in [-0.39, 0.29) is 0 Å². The molecular weight excluding hydrogens is 256 g/mol. The van der Waals surface area contributed by atoms with Crippen LogP contribution in [0.3, 0.4) is 0 Å². The molecule has 1 fully saturated rings. The van der Waals surface area contributed by atoms with Gasteiger partial charge in [-0.2, -0.15) is 0 Å². The molecule has 0 radical (unpaired) electrons. The van der Waals surface area contributed by atoms with E-state index in [1.54, 1.807) is 0 Å². The van der Waals surface area contributed by atoms with E-state index >= 15 is 0 Å². The van der Waals surface area contributed by atoms with Gasteiger partial charge in [0.1, 0.15) is 0 Å². The molecule has 0 aromatic heterocycles. The summed E-state index contributed by atoms with van der Waals surface area (Å²) in [6.45, 7) is 8.63. The van der Waals surface area contributed by atoms with Crippen molar-refractivity contribution in [3.63, 3.8) is 0 Å². The second-order valence-corrected chi connectivity index (χ2v) is 6.67. The molecule has 0 aromatic carbocycles. The van der Waals surface area contributed by atoms with Gasteiger partial charge < -0.3 is 4.74 Å². The van der Waals surface area contributed by atoms with Crippen LogP contribution >= 0.6 is 0 Å². The number of hydrogen-bond donors (Lipinski definition) is 0. The quantitative estimate of drug-likeness (QED) is 0.307. The lowest BCUT2D eigenvalue weighted by molar-refractivity contribution is 0.118. The normalized spacial score (nSPS) is 16.1. The molecule has 0 heterocycles. The Bertz CT molecular complexity index is 165. The Kier molecular flexibility index (Phi) is 18.0. The minimum atomic E-state index is 0.951. The molecule has 0 saturated heterocycles. The SMILES string of the molecule is CCCCCCCC.CCCOCCC1CCCCCC1. The van der Waals surface area contributed by atoms with E-state index in [0.29, 0.717) is 0 Å². The topological polar surface area (TPSA) is 9.23 Å². The lowest BCUT2D eigenvalue weighted by Crippen LogP contribution is -2.05. The van der Waals surface area contributed by atoms with Crippen LogP contribution in [0, 0.1) is 5.92 Å². The Balaban J connectivity index is 0.000000433. The molecule has 0 bridgehead atoms. The van der Waals surface area contributed by atoms with E-state index in [0.717, 1.165) is 25.6 Å². The molecule has 21 heavy (non-hydrogen) atoms. The molecule has 1 nitrogen and oxygen atoms in total. The zero-order valence-corrected chi connectivity index (χ0v) is 15.3. The fourth-order valence-corrected chi connectivity index (χ4v) is 3.00. The highest BCUT2D eigenvalue weighted by Gasteiger charge is 2.11. The Morgan fingerprint density at radius 3 is 1.71 bits per heavy atom. The largest absolute Gasteiger partial charge is 0.381 e. The highest BCUT2D eigenvalue weighted by Crippen LogP contribution is 2.25. The van der Waals surface area contributed by atoms with Crippen molar-refractivity contribution < 1.29 is 4.74 Å². The molecule has 1 aliphatic rings. The van der Waals surface area contributed by atoms with Crippen molar-refractivity contribution in [3.05, 3.63) is 0 Å². The summed E-state index contributed by atoms with van der Waals surface area (Å²) < 4.78 is 5.53. The highest BCUT2D eigenvalue weighted by molar-refractivity contribution is 4.64. The van der Waals surface area contributed by atoms with Gasteiger partial charge >= 0.3 is 0 Å². The fraction of sp³-hybridized carbons (Fsp3) is 1.00. The van der Waals surface area contributed by atoms with E-state index in [2.05, 4.69) is 20.8 Å². The van der Waals surface area contributed by atoms with E-state index in [1.165, 1.54) is 83.5 Å². The number of ether oxygens (including phenoxy) is 1. The minimum absolute atomic E-state index is 0.951. The predicted octanol–water partition coefficient (Wildman–Crippen LogP) is 7.14. The molecule has 0 aliphatic heterocycles. The second-order valence-electron chi connectivity index (χ2n) is 6.67. The minimum Gasteiger partial charge on any atom is -0.381 e. The summed E-state index contributed by atoms with van der Waals surface area (Å²) in [6.07, 6.45) is 19.7. The van der Waals surface area contributed by atoms with Gasteiger partial charge in [-0.3, -0.25) is 0 Å². The summed E-state index contributed by atoms with van der Waals surface area (Å²) in [4.78, 5) is 0. The van der Waals surface area contributed by atoms with E-state index in [4.69, 9.17) is 4.74 Å². The number of unbranched alkanes of at least 4 members (excludes halogenated alkanes) is 5. The van der Waals surface area contributed by atoms with E-state index in [1.807, 2.05) is 0 Å². The molecule has 0 unspecified atom stereocenters. The molecule has 0 N–H and O–H groups in total. The van der Waals surface area contributed by atoms with Gasteiger partial charge in [-0.1, -0.05) is 97.8 Å². The molecule has 1 heteroatoms. The average molecular weight is 299 g/mol. The molecule has 1 aliphatic carbocycles. The van der Waals surface area contributed by atoms with Crippen molar-refractivity contribution >= 4 is 0 Å². The lowest BCUT2D eigenvalue weighted by Gasteiger charge is -2.13. The maximum atomic E-state index is 5.53. The van der Waals surface area contributed by atoms with Crippen molar-refractivity contribution in [2.24, 2.45) is 5.92 Å². The Morgan fingerprint density at radius 1 is 0.667 bits per heavy atom. The van der Waals surface area contributed by atoms with Crippen LogP contribution in [0.15, 0.2) is 0 Å². The van der Waals surface area contributed by atoms with Crippen LogP contribution in [0.2, 0.25) is 0 Å². The standard InChI is InChI=1S/C12H24O.C8H18/c1-2-10-13-11-9-12-7-5-3-4-6-8-12;1-3-5-7-8-6-4-2/h12H,2-11H2,1H3;3-8H2,1-2H3. The molecule has 0 spiro atoms. The van der Waals surface area contributed by atoms with Crippen molar-refractivity contribution in [1.82, 2.24) is 0 Å². The summed E-state index contributed by atoms with van der Waals surface area (Å²) in [7, 11) is 0. The Hall–Kier alpha value is -0.0400. The number of rotatable bonds is 10. The van der Waals surface area contributed by atoms with Crippen LogP contribution in [0.1, 0.15) is 111 Å². The lowest BCUT2D eigenvalue weighted by atomic mass is 9.97. The highest BCUT2D eigenvalue weighted by atomic mass is 16.5. The molecule has 1 saturated carbocycles. The first kappa shape index (κ1) is 21.0. The maximum Gasteiger partial charge on any atom is 0.0468 e. The van der Waals surface area contributed by atoms with Crippen LogP contribution in [0.25, 0.3) is 0 Å². The van der Waals surface area contributed by atoms with Gasteiger partial charge in [0.25, 0.3) is 0 Å². The summed E-state index contributed by atoms with van der Waals surface area (Å²) >= 11 is 0. The van der Waals surface area contributed by atoms with Gasteiger partial charge in [0.2, 0.25) is 0 Å². The van der Waals surface area contributed by atoms with Crippen molar-refractivity contribution in [1.29, 1.82) is 0 Å². The van der Waals surface area contributed by atoms with Gasteiger partial charge in [0, 0.05) is 13.2 Å². The van der Waals surface area contributed by atoms with Gasteiger partial charge in [0.15, 0.2) is 0 Å². The smallest absolute Gasteiger partial charge is 0.0468 e. The molecule has 0 atom stereocenters. The maximum absolute atomic E-state index is 5.53. The molecule has 128 valence electrons. The fourth-order valence-electron chi connectivity index (χ4n) is 3.00. The van der Waals surface area contributed by atoms with Gasteiger partial charge in [-0.05, 0) is 18.8 Å². The molecule has 0 aromatic rings. The third kappa shape index (κ3) is 16.2. The van der Waals surface area contributed by atoms with Crippen LogP contribution < -0.4 is 0 Å². The zero-order valence-electron chi connectivity index (χ0n) is 15.3. The molecule has 0 amide bonds. The van der Waals surface area contributed by atoms with Crippen LogP contribution in [0.4, 0.5) is 0 Å². The third-order valence-corrected chi connectivity index (χ3v) is 4.45. The Morgan fingerprint density at radius 2 is 1.24 bits per heavy atom. The van der Waals surface area contributed by atoms with Crippen molar-refractivity contribution in [3.8, 4) is 0 Å². The third-order valence-electron chi connectivity index (χ3n) is 4.45. The first-order valence-corrected chi connectivity index (χ1v) is 9.92. The van der Waals surface area contributed by atoms with Crippen LogP contribution in [-0.2, 0) is 4.74 Å². The second kappa shape index (κ2) is 18.0. The number of hydrogen-bond acceptors (Lipinski definition) is 1. The summed E-state index contributed by atoms with van der Waals surface area (Å²) in [5.41, 5.74) is 0. The van der Waals surface area contributed by atoms with Gasteiger partial charge in [0.05, 0.1) is 0 Å².